The van der Waals surface area contributed by atoms with Gasteiger partial charge in [0.05, 0.1) is 12.8 Å². The molecule has 3 rings (SSSR count). The van der Waals surface area contributed by atoms with Gasteiger partial charge >= 0.3 is 0 Å². The molecule has 3 heterocycles. The van der Waals surface area contributed by atoms with E-state index in [4.69, 9.17) is 4.74 Å². The van der Waals surface area contributed by atoms with E-state index in [9.17, 15) is 4.79 Å². The molecular formula is C20H31N3O2. The van der Waals surface area contributed by atoms with Gasteiger partial charge in [0.25, 0.3) is 0 Å². The zero-order valence-electron chi connectivity index (χ0n) is 15.9. The summed E-state index contributed by atoms with van der Waals surface area (Å²) in [4.78, 5) is 21.1. The van der Waals surface area contributed by atoms with E-state index in [2.05, 4.69) is 16.8 Å². The van der Waals surface area contributed by atoms with E-state index in [1.165, 1.54) is 19.3 Å². The molecule has 0 N–H and O–H groups in total. The van der Waals surface area contributed by atoms with Crippen LogP contribution in [-0.4, -0.2) is 53.5 Å². The highest BCUT2D eigenvalue weighted by atomic mass is 16.5. The number of amides is 1. The van der Waals surface area contributed by atoms with Crippen LogP contribution in [0.4, 0.5) is 0 Å². The summed E-state index contributed by atoms with van der Waals surface area (Å²) in [5.74, 6) is 1.30. The van der Waals surface area contributed by atoms with Crippen molar-refractivity contribution in [3.05, 3.63) is 23.0 Å². The number of carbonyl (C=O) groups excluding carboxylic acids is 1. The zero-order valence-corrected chi connectivity index (χ0v) is 15.9. The minimum atomic E-state index is 0.336. The van der Waals surface area contributed by atoms with Gasteiger partial charge in [0.15, 0.2) is 0 Å². The normalized spacial score (nSPS) is 21.8. The molecule has 2 saturated heterocycles. The molecule has 25 heavy (non-hydrogen) atoms. The number of likely N-dealkylation sites (tertiary alicyclic amines) is 2. The van der Waals surface area contributed by atoms with Gasteiger partial charge in [-0.3, -0.25) is 14.7 Å². The lowest BCUT2D eigenvalue weighted by Crippen LogP contribution is -2.41. The fourth-order valence-electron chi connectivity index (χ4n) is 4.26. The first kappa shape index (κ1) is 18.2. The number of carbonyl (C=O) groups is 1. The van der Waals surface area contributed by atoms with Crippen LogP contribution in [0.25, 0.3) is 0 Å². The molecule has 0 radical (unpaired) electrons. The van der Waals surface area contributed by atoms with Crippen molar-refractivity contribution in [2.24, 2.45) is 0 Å². The lowest BCUT2D eigenvalue weighted by Gasteiger charge is -2.36. The molecule has 0 aliphatic carbocycles. The summed E-state index contributed by atoms with van der Waals surface area (Å²) in [6.07, 6.45) is 8.53. The third-order valence-electron chi connectivity index (χ3n) is 5.76. The van der Waals surface area contributed by atoms with Crippen LogP contribution < -0.4 is 4.74 Å². The quantitative estimate of drug-likeness (QED) is 0.795. The van der Waals surface area contributed by atoms with Crippen molar-refractivity contribution in [3.8, 4) is 5.75 Å². The lowest BCUT2D eigenvalue weighted by molar-refractivity contribution is -0.127. The van der Waals surface area contributed by atoms with E-state index >= 15 is 0 Å². The summed E-state index contributed by atoms with van der Waals surface area (Å²) in [5, 5.41) is 0. The molecule has 2 fully saturated rings. The second-order valence-corrected chi connectivity index (χ2v) is 7.44. The number of nitrogens with zero attached hydrogens (tertiary/aromatic N) is 3. The molecule has 2 aliphatic heterocycles. The van der Waals surface area contributed by atoms with E-state index in [-0.39, 0.29) is 0 Å². The Balaban J connectivity index is 1.66. The van der Waals surface area contributed by atoms with Crippen LogP contribution in [-0.2, 0) is 11.3 Å². The van der Waals surface area contributed by atoms with Gasteiger partial charge in [-0.05, 0) is 46.1 Å². The molecule has 5 heteroatoms. The monoisotopic (exact) mass is 345 g/mol. The highest BCUT2D eigenvalue weighted by molar-refractivity contribution is 5.78. The first-order chi connectivity index (χ1) is 12.1. The van der Waals surface area contributed by atoms with Crippen molar-refractivity contribution >= 4 is 5.91 Å². The summed E-state index contributed by atoms with van der Waals surface area (Å²) in [5.41, 5.74) is 3.36. The molecule has 2 aliphatic rings. The maximum Gasteiger partial charge on any atom is 0.222 e. The van der Waals surface area contributed by atoms with Crippen LogP contribution in [0.3, 0.4) is 0 Å². The van der Waals surface area contributed by atoms with E-state index < -0.39 is 0 Å². The lowest BCUT2D eigenvalue weighted by atomic mass is 9.98. The van der Waals surface area contributed by atoms with Crippen LogP contribution in [0.15, 0.2) is 6.20 Å². The van der Waals surface area contributed by atoms with Gasteiger partial charge in [0.1, 0.15) is 5.75 Å². The third kappa shape index (κ3) is 4.14. The van der Waals surface area contributed by atoms with Crippen molar-refractivity contribution in [1.29, 1.82) is 0 Å². The number of hydrogen-bond donors (Lipinski definition) is 0. The molecule has 1 aromatic heterocycles. The molecule has 138 valence electrons. The SMILES string of the molecule is COc1c(C)cnc(CN2CCCCC2CCN2CCCC2=O)c1C. The van der Waals surface area contributed by atoms with Crippen LogP contribution in [0.2, 0.25) is 0 Å². The Morgan fingerprint density at radius 1 is 1.24 bits per heavy atom. The molecule has 0 aromatic carbocycles. The second kappa shape index (κ2) is 8.17. The molecule has 1 amide bonds. The van der Waals surface area contributed by atoms with Crippen molar-refractivity contribution in [2.45, 2.75) is 65.0 Å². The van der Waals surface area contributed by atoms with Crippen LogP contribution in [0.1, 0.15) is 55.3 Å². The number of pyridine rings is 1. The van der Waals surface area contributed by atoms with Crippen LogP contribution in [0, 0.1) is 13.8 Å². The van der Waals surface area contributed by atoms with Gasteiger partial charge in [0, 0.05) is 49.4 Å². The number of hydrogen-bond acceptors (Lipinski definition) is 4. The molecule has 0 bridgehead atoms. The van der Waals surface area contributed by atoms with Gasteiger partial charge < -0.3 is 9.64 Å². The average Bonchev–Trinajstić information content (AvgIpc) is 3.02. The average molecular weight is 345 g/mol. The number of aromatic nitrogens is 1. The molecular weight excluding hydrogens is 314 g/mol. The molecule has 5 nitrogen and oxygen atoms in total. The van der Waals surface area contributed by atoms with Crippen molar-refractivity contribution < 1.29 is 9.53 Å². The minimum absolute atomic E-state index is 0.336. The number of methoxy groups -OCH3 is 1. The van der Waals surface area contributed by atoms with E-state index in [0.29, 0.717) is 11.9 Å². The maximum absolute atomic E-state index is 11.9. The molecule has 0 spiro atoms. The van der Waals surface area contributed by atoms with Gasteiger partial charge in [-0.2, -0.15) is 0 Å². The summed E-state index contributed by atoms with van der Waals surface area (Å²) in [7, 11) is 1.73. The highest BCUT2D eigenvalue weighted by Crippen LogP contribution is 2.28. The highest BCUT2D eigenvalue weighted by Gasteiger charge is 2.26. The Kier molecular flexibility index (Phi) is 5.94. The standard InChI is InChI=1S/C20H31N3O2/c1-15-13-21-18(16(2)20(15)25-3)14-23-10-5-4-7-17(23)9-12-22-11-6-8-19(22)24/h13,17H,4-12,14H2,1-3H3. The Morgan fingerprint density at radius 3 is 2.80 bits per heavy atom. The Morgan fingerprint density at radius 2 is 2.08 bits per heavy atom. The molecule has 1 unspecified atom stereocenters. The number of piperidine rings is 1. The maximum atomic E-state index is 11.9. The Hall–Kier alpha value is -1.62. The van der Waals surface area contributed by atoms with Crippen LogP contribution >= 0.6 is 0 Å². The molecule has 1 aromatic rings. The van der Waals surface area contributed by atoms with Gasteiger partial charge in [-0.25, -0.2) is 0 Å². The van der Waals surface area contributed by atoms with Gasteiger partial charge in [-0.1, -0.05) is 6.42 Å². The van der Waals surface area contributed by atoms with Crippen LogP contribution in [0.5, 0.6) is 5.75 Å². The molecule has 1 atom stereocenters. The van der Waals surface area contributed by atoms with Crippen molar-refractivity contribution in [3.63, 3.8) is 0 Å². The summed E-state index contributed by atoms with van der Waals surface area (Å²) < 4.78 is 5.56. The molecule has 0 saturated carbocycles. The van der Waals surface area contributed by atoms with E-state index in [1.54, 1.807) is 7.11 Å². The minimum Gasteiger partial charge on any atom is -0.496 e. The van der Waals surface area contributed by atoms with E-state index in [0.717, 1.165) is 68.0 Å². The first-order valence-corrected chi connectivity index (χ1v) is 9.61. The predicted molar refractivity (Wildman–Crippen MR) is 98.7 cm³/mol. The number of ether oxygens (including phenoxy) is 1. The fourth-order valence-corrected chi connectivity index (χ4v) is 4.26. The van der Waals surface area contributed by atoms with Gasteiger partial charge in [0.2, 0.25) is 5.91 Å². The third-order valence-corrected chi connectivity index (χ3v) is 5.76. The fraction of sp³-hybridized carbons (Fsp3) is 0.700. The summed E-state index contributed by atoms with van der Waals surface area (Å²) in [6, 6.07) is 0.552. The zero-order chi connectivity index (χ0) is 17.8. The Labute approximate surface area is 151 Å². The smallest absolute Gasteiger partial charge is 0.222 e. The Bertz CT molecular complexity index is 617. The van der Waals surface area contributed by atoms with E-state index in [1.807, 2.05) is 18.0 Å². The van der Waals surface area contributed by atoms with Gasteiger partial charge in [-0.15, -0.1) is 0 Å². The topological polar surface area (TPSA) is 45.7 Å². The largest absolute Gasteiger partial charge is 0.496 e. The first-order valence-electron chi connectivity index (χ1n) is 9.61. The number of rotatable bonds is 6. The summed E-state index contributed by atoms with van der Waals surface area (Å²) in [6.45, 7) is 8.00. The van der Waals surface area contributed by atoms with Crippen molar-refractivity contribution in [1.82, 2.24) is 14.8 Å². The summed E-state index contributed by atoms with van der Waals surface area (Å²) >= 11 is 0. The van der Waals surface area contributed by atoms with Crippen molar-refractivity contribution in [2.75, 3.05) is 26.7 Å². The predicted octanol–water partition coefficient (Wildman–Crippen LogP) is 3.07. The number of aryl methyl sites for hydroxylation is 1. The second-order valence-electron chi connectivity index (χ2n) is 7.44.